The van der Waals surface area contributed by atoms with Crippen molar-refractivity contribution < 1.29 is 13.9 Å². The number of ether oxygens (including phenoxy) is 2. The second-order valence-corrected chi connectivity index (χ2v) is 5.50. The molecule has 0 saturated carbocycles. The van der Waals surface area contributed by atoms with Crippen LogP contribution in [0.15, 0.2) is 36.4 Å². The molecule has 2 aromatic carbocycles. The van der Waals surface area contributed by atoms with E-state index in [4.69, 9.17) is 21.1 Å². The lowest BCUT2D eigenvalue weighted by molar-refractivity contribution is 0.351. The van der Waals surface area contributed by atoms with Crippen LogP contribution in [0.5, 0.6) is 11.5 Å². The van der Waals surface area contributed by atoms with Crippen molar-refractivity contribution in [1.82, 2.24) is 0 Å². The Kier molecular flexibility index (Phi) is 4.89. The molecule has 0 bridgehead atoms. The molecule has 0 amide bonds. The zero-order valence-corrected chi connectivity index (χ0v) is 13.3. The molecule has 0 aliphatic rings. The average molecular weight is 360 g/mol. The predicted molar refractivity (Wildman–Crippen MR) is 81.7 cm³/mol. The predicted octanol–water partition coefficient (Wildman–Crippen LogP) is 4.98. The van der Waals surface area contributed by atoms with Crippen molar-refractivity contribution in [1.29, 1.82) is 0 Å². The van der Waals surface area contributed by atoms with Crippen LogP contribution in [0, 0.1) is 5.82 Å². The van der Waals surface area contributed by atoms with Gasteiger partial charge in [0.05, 0.1) is 19.0 Å². The van der Waals surface area contributed by atoms with Crippen molar-refractivity contribution >= 4 is 27.5 Å². The molecule has 0 heterocycles. The Morgan fingerprint density at radius 2 is 1.75 bits per heavy atom. The molecular formula is C15H13BrClFO2. The normalized spacial score (nSPS) is 12.1. The average Bonchev–Trinajstić information content (AvgIpc) is 2.46. The zero-order chi connectivity index (χ0) is 14.7. The van der Waals surface area contributed by atoms with E-state index in [9.17, 15) is 4.39 Å². The highest BCUT2D eigenvalue weighted by Crippen LogP contribution is 2.38. The van der Waals surface area contributed by atoms with Gasteiger partial charge in [-0.05, 0) is 23.8 Å². The SMILES string of the molecule is COc1cc(F)c(C(Br)c2cccc(Cl)c2)cc1OC. The maximum atomic E-state index is 14.2. The van der Waals surface area contributed by atoms with Crippen molar-refractivity contribution in [3.63, 3.8) is 0 Å². The van der Waals surface area contributed by atoms with Crippen LogP contribution in [0.3, 0.4) is 0 Å². The lowest BCUT2D eigenvalue weighted by Crippen LogP contribution is -2.00. The lowest BCUT2D eigenvalue weighted by atomic mass is 10.0. The molecular weight excluding hydrogens is 347 g/mol. The Morgan fingerprint density at radius 1 is 1.10 bits per heavy atom. The number of methoxy groups -OCH3 is 2. The van der Waals surface area contributed by atoms with Crippen LogP contribution in [0.2, 0.25) is 5.02 Å². The molecule has 2 aromatic rings. The summed E-state index contributed by atoms with van der Waals surface area (Å²) in [6, 6.07) is 10.2. The quantitative estimate of drug-likeness (QED) is 0.717. The van der Waals surface area contributed by atoms with Crippen molar-refractivity contribution in [2.24, 2.45) is 0 Å². The minimum Gasteiger partial charge on any atom is -0.493 e. The van der Waals surface area contributed by atoms with Crippen molar-refractivity contribution in [3.8, 4) is 11.5 Å². The first kappa shape index (κ1) is 15.1. The minimum atomic E-state index is -0.371. The zero-order valence-electron chi connectivity index (χ0n) is 11.0. The van der Waals surface area contributed by atoms with E-state index < -0.39 is 0 Å². The van der Waals surface area contributed by atoms with E-state index in [2.05, 4.69) is 15.9 Å². The van der Waals surface area contributed by atoms with Crippen LogP contribution in [0.4, 0.5) is 4.39 Å². The Bertz CT molecular complexity index is 619. The Morgan fingerprint density at radius 3 is 2.35 bits per heavy atom. The van der Waals surface area contributed by atoms with E-state index >= 15 is 0 Å². The van der Waals surface area contributed by atoms with E-state index in [1.807, 2.05) is 12.1 Å². The van der Waals surface area contributed by atoms with E-state index in [-0.39, 0.29) is 10.6 Å². The molecule has 0 saturated heterocycles. The molecule has 2 nitrogen and oxygen atoms in total. The minimum absolute atomic E-state index is 0.319. The maximum Gasteiger partial charge on any atom is 0.163 e. The summed E-state index contributed by atoms with van der Waals surface area (Å²) in [6.07, 6.45) is 0. The third-order valence-corrected chi connectivity index (χ3v) is 4.17. The van der Waals surface area contributed by atoms with Crippen molar-refractivity contribution in [2.75, 3.05) is 14.2 Å². The van der Waals surface area contributed by atoms with Crippen LogP contribution in [-0.2, 0) is 0 Å². The van der Waals surface area contributed by atoms with Gasteiger partial charge in [-0.2, -0.15) is 0 Å². The number of hydrogen-bond donors (Lipinski definition) is 0. The number of rotatable bonds is 4. The molecule has 0 fully saturated rings. The van der Waals surface area contributed by atoms with Crippen LogP contribution >= 0.6 is 27.5 Å². The third-order valence-electron chi connectivity index (χ3n) is 2.92. The Hall–Kier alpha value is -1.26. The first-order valence-corrected chi connectivity index (χ1v) is 7.17. The monoisotopic (exact) mass is 358 g/mol. The van der Waals surface area contributed by atoms with Gasteiger partial charge >= 0.3 is 0 Å². The first-order valence-electron chi connectivity index (χ1n) is 5.87. The van der Waals surface area contributed by atoms with Crippen molar-refractivity contribution in [3.05, 3.63) is 58.4 Å². The van der Waals surface area contributed by atoms with Crippen LogP contribution in [0.1, 0.15) is 16.0 Å². The maximum absolute atomic E-state index is 14.2. The largest absolute Gasteiger partial charge is 0.493 e. The van der Waals surface area contributed by atoms with Gasteiger partial charge in [-0.25, -0.2) is 4.39 Å². The Balaban J connectivity index is 2.46. The highest BCUT2D eigenvalue weighted by molar-refractivity contribution is 9.09. The van der Waals surface area contributed by atoms with Gasteiger partial charge in [0.15, 0.2) is 11.5 Å². The molecule has 1 unspecified atom stereocenters. The highest BCUT2D eigenvalue weighted by Gasteiger charge is 2.19. The van der Waals surface area contributed by atoms with E-state index in [0.29, 0.717) is 22.1 Å². The molecule has 0 aromatic heterocycles. The van der Waals surface area contributed by atoms with E-state index in [1.54, 1.807) is 18.2 Å². The fourth-order valence-electron chi connectivity index (χ4n) is 1.91. The van der Waals surface area contributed by atoms with Crippen LogP contribution in [0.25, 0.3) is 0 Å². The summed E-state index contributed by atoms with van der Waals surface area (Å²) in [5, 5.41) is 0.604. The second-order valence-electron chi connectivity index (χ2n) is 4.15. The van der Waals surface area contributed by atoms with Gasteiger partial charge < -0.3 is 9.47 Å². The molecule has 20 heavy (non-hydrogen) atoms. The van der Waals surface area contributed by atoms with Crippen LogP contribution < -0.4 is 9.47 Å². The number of hydrogen-bond acceptors (Lipinski definition) is 2. The fraction of sp³-hybridized carbons (Fsp3) is 0.200. The molecule has 0 aliphatic carbocycles. The standard InChI is InChI=1S/C15H13BrClFO2/c1-19-13-7-11(12(18)8-14(13)20-2)15(16)9-4-3-5-10(17)6-9/h3-8,15H,1-2H3. The molecule has 1 atom stereocenters. The molecule has 0 spiro atoms. The van der Waals surface area contributed by atoms with Gasteiger partial charge in [-0.15, -0.1) is 0 Å². The van der Waals surface area contributed by atoms with Gasteiger partial charge in [0.1, 0.15) is 5.82 Å². The smallest absolute Gasteiger partial charge is 0.163 e. The Labute approximate surface area is 130 Å². The molecule has 2 rings (SSSR count). The molecule has 106 valence electrons. The van der Waals surface area contributed by atoms with Gasteiger partial charge in [0.25, 0.3) is 0 Å². The van der Waals surface area contributed by atoms with Gasteiger partial charge in [0, 0.05) is 16.7 Å². The molecule has 0 aliphatic heterocycles. The lowest BCUT2D eigenvalue weighted by Gasteiger charge is -2.15. The fourth-order valence-corrected chi connectivity index (χ4v) is 2.74. The second kappa shape index (κ2) is 6.46. The summed E-state index contributed by atoms with van der Waals surface area (Å²) in [5.41, 5.74) is 1.33. The highest BCUT2D eigenvalue weighted by atomic mass is 79.9. The summed E-state index contributed by atoms with van der Waals surface area (Å²) in [4.78, 5) is -0.319. The molecule has 0 N–H and O–H groups in total. The van der Waals surface area contributed by atoms with Gasteiger partial charge in [-0.3, -0.25) is 0 Å². The number of halogens is 3. The third kappa shape index (κ3) is 3.07. The first-order chi connectivity index (χ1) is 9.56. The summed E-state index contributed by atoms with van der Waals surface area (Å²) < 4.78 is 24.5. The molecule has 0 radical (unpaired) electrons. The van der Waals surface area contributed by atoms with Gasteiger partial charge in [0.2, 0.25) is 0 Å². The summed E-state index contributed by atoms with van der Waals surface area (Å²) in [6.45, 7) is 0. The molecule has 5 heteroatoms. The topological polar surface area (TPSA) is 18.5 Å². The summed E-state index contributed by atoms with van der Waals surface area (Å²) in [5.74, 6) is 0.472. The number of benzene rings is 2. The van der Waals surface area contributed by atoms with Crippen LogP contribution in [-0.4, -0.2) is 14.2 Å². The van der Waals surface area contributed by atoms with Gasteiger partial charge in [-0.1, -0.05) is 39.7 Å². The number of alkyl halides is 1. The summed E-state index contributed by atoms with van der Waals surface area (Å²) >= 11 is 9.46. The summed E-state index contributed by atoms with van der Waals surface area (Å²) in [7, 11) is 2.99. The van der Waals surface area contributed by atoms with E-state index in [1.165, 1.54) is 20.3 Å². The van der Waals surface area contributed by atoms with Crippen molar-refractivity contribution in [2.45, 2.75) is 4.83 Å². The van der Waals surface area contributed by atoms with E-state index in [0.717, 1.165) is 5.56 Å².